The summed E-state index contributed by atoms with van der Waals surface area (Å²) < 4.78 is 0. The van der Waals surface area contributed by atoms with E-state index >= 15 is 0 Å². The van der Waals surface area contributed by atoms with Crippen LogP contribution in [0.3, 0.4) is 0 Å². The van der Waals surface area contributed by atoms with Crippen molar-refractivity contribution in [1.29, 1.82) is 0 Å². The lowest BCUT2D eigenvalue weighted by Gasteiger charge is -2.22. The van der Waals surface area contributed by atoms with Crippen molar-refractivity contribution in [2.45, 2.75) is 13.0 Å². The Labute approximate surface area is 97.2 Å². The van der Waals surface area contributed by atoms with E-state index in [9.17, 15) is 0 Å². The average Bonchev–Trinajstić information content (AvgIpc) is 2.85. The average molecular weight is 239 g/mol. The first-order valence-electron chi connectivity index (χ1n) is 4.66. The van der Waals surface area contributed by atoms with Crippen LogP contribution in [0.5, 0.6) is 0 Å². The molecule has 0 fully saturated rings. The Morgan fingerprint density at radius 3 is 2.87 bits per heavy atom. The van der Waals surface area contributed by atoms with Gasteiger partial charge in [-0.3, -0.25) is 0 Å². The van der Waals surface area contributed by atoms with Crippen molar-refractivity contribution in [3.63, 3.8) is 0 Å². The van der Waals surface area contributed by atoms with Gasteiger partial charge in [-0.2, -0.15) is 0 Å². The van der Waals surface area contributed by atoms with Gasteiger partial charge in [-0.15, -0.1) is 11.3 Å². The Morgan fingerprint density at radius 2 is 2.33 bits per heavy atom. The molecule has 2 aromatic rings. The molecule has 0 bridgehead atoms. The molecule has 0 aliphatic carbocycles. The number of hydrogen-bond acceptors (Lipinski definition) is 5. The van der Waals surface area contributed by atoms with Crippen LogP contribution < -0.4 is 10.6 Å². The van der Waals surface area contributed by atoms with E-state index in [1.165, 1.54) is 16.2 Å². The molecule has 2 rings (SSSR count). The third-order valence-corrected chi connectivity index (χ3v) is 4.31. The number of thiophene rings is 1. The van der Waals surface area contributed by atoms with Crippen LogP contribution in [0.25, 0.3) is 0 Å². The first kappa shape index (κ1) is 10.4. The van der Waals surface area contributed by atoms with Gasteiger partial charge in [0.05, 0.1) is 12.2 Å². The van der Waals surface area contributed by atoms with E-state index in [2.05, 4.69) is 34.3 Å². The predicted molar refractivity (Wildman–Crippen MR) is 67.7 cm³/mol. The van der Waals surface area contributed by atoms with Gasteiger partial charge in [-0.25, -0.2) is 4.98 Å². The zero-order valence-corrected chi connectivity index (χ0v) is 10.3. The molecular weight excluding hydrogens is 226 g/mol. The molecule has 15 heavy (non-hydrogen) atoms. The third kappa shape index (κ3) is 2.13. The van der Waals surface area contributed by atoms with Gasteiger partial charge in [0.2, 0.25) is 0 Å². The Bertz CT molecular complexity index is 422. The Hall–Kier alpha value is -1.07. The molecule has 1 unspecified atom stereocenters. The smallest absolute Gasteiger partial charge is 0.187 e. The number of hydrogen-bond donors (Lipinski definition) is 1. The number of rotatable bonds is 3. The van der Waals surface area contributed by atoms with Crippen LogP contribution in [-0.2, 0) is 0 Å². The molecule has 2 heterocycles. The first-order valence-corrected chi connectivity index (χ1v) is 6.35. The van der Waals surface area contributed by atoms with Gasteiger partial charge in [0.25, 0.3) is 0 Å². The molecule has 0 aliphatic rings. The summed E-state index contributed by atoms with van der Waals surface area (Å²) in [6.07, 6.45) is 1.71. The van der Waals surface area contributed by atoms with Crippen molar-refractivity contribution in [2.75, 3.05) is 17.7 Å². The molecule has 0 radical (unpaired) electrons. The van der Waals surface area contributed by atoms with Crippen LogP contribution in [0.4, 0.5) is 10.1 Å². The number of thiazole rings is 1. The summed E-state index contributed by atoms with van der Waals surface area (Å²) in [6.45, 7) is 2.17. The van der Waals surface area contributed by atoms with Crippen LogP contribution in [0.2, 0.25) is 0 Å². The highest BCUT2D eigenvalue weighted by Gasteiger charge is 2.15. The highest BCUT2D eigenvalue weighted by atomic mass is 32.1. The lowest BCUT2D eigenvalue weighted by Crippen LogP contribution is -2.20. The second-order valence-electron chi connectivity index (χ2n) is 3.35. The van der Waals surface area contributed by atoms with E-state index in [1.54, 1.807) is 17.5 Å². The summed E-state index contributed by atoms with van der Waals surface area (Å²) in [6, 6.07) is 4.55. The second-order valence-corrected chi connectivity index (χ2v) is 5.37. The number of nitrogen functional groups attached to an aromatic ring is 1. The van der Waals surface area contributed by atoms with Gasteiger partial charge in [0, 0.05) is 11.9 Å². The highest BCUT2D eigenvalue weighted by Crippen LogP contribution is 2.31. The maximum absolute atomic E-state index is 5.67. The number of nitrogens with zero attached hydrogens (tertiary/aromatic N) is 2. The van der Waals surface area contributed by atoms with Crippen molar-refractivity contribution in [2.24, 2.45) is 0 Å². The van der Waals surface area contributed by atoms with Gasteiger partial charge in [-0.05, 0) is 18.4 Å². The zero-order chi connectivity index (χ0) is 10.8. The van der Waals surface area contributed by atoms with Crippen LogP contribution in [0.1, 0.15) is 17.8 Å². The SMILES string of the molecule is CC(c1cccs1)N(C)c1ncc(N)s1. The lowest BCUT2D eigenvalue weighted by atomic mass is 10.2. The van der Waals surface area contributed by atoms with E-state index in [4.69, 9.17) is 5.73 Å². The monoisotopic (exact) mass is 239 g/mol. The molecule has 1 atom stereocenters. The van der Waals surface area contributed by atoms with Crippen molar-refractivity contribution >= 4 is 32.8 Å². The molecule has 3 nitrogen and oxygen atoms in total. The van der Waals surface area contributed by atoms with Gasteiger partial charge < -0.3 is 10.6 Å². The second kappa shape index (κ2) is 4.20. The Morgan fingerprint density at radius 1 is 1.53 bits per heavy atom. The van der Waals surface area contributed by atoms with E-state index in [-0.39, 0.29) is 0 Å². The minimum atomic E-state index is 0.343. The molecular formula is C10H13N3S2. The fourth-order valence-corrected chi connectivity index (χ4v) is 2.88. The zero-order valence-electron chi connectivity index (χ0n) is 8.68. The molecule has 5 heteroatoms. The first-order chi connectivity index (χ1) is 7.18. The van der Waals surface area contributed by atoms with Crippen LogP contribution >= 0.6 is 22.7 Å². The summed E-state index contributed by atoms with van der Waals surface area (Å²) in [5, 5.41) is 3.82. The van der Waals surface area contributed by atoms with Crippen LogP contribution in [0.15, 0.2) is 23.7 Å². The summed E-state index contributed by atoms with van der Waals surface area (Å²) >= 11 is 3.28. The van der Waals surface area contributed by atoms with Crippen molar-refractivity contribution < 1.29 is 0 Å². The van der Waals surface area contributed by atoms with E-state index in [1.807, 2.05) is 7.05 Å². The fourth-order valence-electron chi connectivity index (χ4n) is 1.33. The van der Waals surface area contributed by atoms with E-state index < -0.39 is 0 Å². The molecule has 0 aliphatic heterocycles. The van der Waals surface area contributed by atoms with Crippen molar-refractivity contribution in [3.05, 3.63) is 28.6 Å². The normalized spacial score (nSPS) is 12.7. The quantitative estimate of drug-likeness (QED) is 0.895. The molecule has 0 spiro atoms. The summed E-state index contributed by atoms with van der Waals surface area (Å²) in [7, 11) is 2.04. The predicted octanol–water partition coefficient (Wildman–Crippen LogP) is 2.98. The summed E-state index contributed by atoms with van der Waals surface area (Å²) in [5.41, 5.74) is 5.67. The van der Waals surface area contributed by atoms with Crippen LogP contribution in [0, 0.1) is 0 Å². The molecule has 0 saturated carbocycles. The maximum Gasteiger partial charge on any atom is 0.187 e. The molecule has 80 valence electrons. The van der Waals surface area contributed by atoms with Gasteiger partial charge in [0.1, 0.15) is 5.00 Å². The summed E-state index contributed by atoms with van der Waals surface area (Å²) in [5.74, 6) is 0. The standard InChI is InChI=1S/C10H13N3S2/c1-7(8-4-3-5-14-8)13(2)10-12-6-9(11)15-10/h3-7H,11H2,1-2H3. The molecule has 0 saturated heterocycles. The molecule has 0 aromatic carbocycles. The molecule has 2 N–H and O–H groups in total. The minimum absolute atomic E-state index is 0.343. The van der Waals surface area contributed by atoms with Gasteiger partial charge in [0.15, 0.2) is 5.13 Å². The van der Waals surface area contributed by atoms with Crippen molar-refractivity contribution in [3.8, 4) is 0 Å². The number of aromatic nitrogens is 1. The minimum Gasteiger partial charge on any atom is -0.389 e. The number of anilines is 2. The van der Waals surface area contributed by atoms with Gasteiger partial charge >= 0.3 is 0 Å². The largest absolute Gasteiger partial charge is 0.389 e. The Kier molecular flexibility index (Phi) is 2.93. The van der Waals surface area contributed by atoms with Crippen LogP contribution in [-0.4, -0.2) is 12.0 Å². The fraction of sp³-hybridized carbons (Fsp3) is 0.300. The third-order valence-electron chi connectivity index (χ3n) is 2.35. The Balaban J connectivity index is 2.18. The maximum atomic E-state index is 5.67. The lowest BCUT2D eigenvalue weighted by molar-refractivity contribution is 0.751. The van der Waals surface area contributed by atoms with E-state index in [0.717, 1.165) is 10.1 Å². The highest BCUT2D eigenvalue weighted by molar-refractivity contribution is 7.19. The van der Waals surface area contributed by atoms with Gasteiger partial charge in [-0.1, -0.05) is 17.4 Å². The molecule has 0 amide bonds. The van der Waals surface area contributed by atoms with Crippen molar-refractivity contribution in [1.82, 2.24) is 4.98 Å². The summed E-state index contributed by atoms with van der Waals surface area (Å²) in [4.78, 5) is 7.76. The van der Waals surface area contributed by atoms with E-state index in [0.29, 0.717) is 6.04 Å². The topological polar surface area (TPSA) is 42.2 Å². The molecule has 2 aromatic heterocycles. The number of nitrogens with two attached hydrogens (primary N) is 1.